The maximum absolute atomic E-state index is 13.3. The molecule has 0 heterocycles. The first kappa shape index (κ1) is 30.1. The van der Waals surface area contributed by atoms with Crippen LogP contribution < -0.4 is 10.4 Å². The fourth-order valence-corrected chi connectivity index (χ4v) is 7.96. The summed E-state index contributed by atoms with van der Waals surface area (Å²) in [5.74, 6) is -4.26. The Morgan fingerprint density at radius 3 is 2.55 bits per heavy atom. The molecule has 11 nitrogen and oxygen atoms in total. The van der Waals surface area contributed by atoms with Crippen molar-refractivity contribution in [2.75, 3.05) is 6.61 Å². The molecule has 11 heteroatoms. The van der Waals surface area contributed by atoms with Gasteiger partial charge in [0.1, 0.15) is 5.60 Å². The molecule has 4 N–H and O–H groups in total. The fraction of sp³-hybridized carbons (Fsp3) is 0.690. The van der Waals surface area contributed by atoms with Crippen molar-refractivity contribution in [2.24, 2.45) is 28.6 Å². The summed E-state index contributed by atoms with van der Waals surface area (Å²) in [7, 11) is 0. The van der Waals surface area contributed by atoms with Gasteiger partial charge in [-0.05, 0) is 63.0 Å². The number of fused-ring (bicyclic) bond motifs is 5. The van der Waals surface area contributed by atoms with Crippen molar-refractivity contribution in [3.8, 4) is 0 Å². The van der Waals surface area contributed by atoms with Crippen LogP contribution in [0.3, 0.4) is 0 Å². The molecule has 1 amide bonds. The average molecular weight is 561 g/mol. The maximum Gasteiger partial charge on any atom is 0.306 e. The van der Waals surface area contributed by atoms with Crippen molar-refractivity contribution in [1.29, 1.82) is 0 Å². The van der Waals surface area contributed by atoms with Crippen LogP contribution in [0.1, 0.15) is 65.7 Å². The molecule has 0 radical (unpaired) electrons. The van der Waals surface area contributed by atoms with Crippen LogP contribution >= 0.6 is 0 Å². The molecule has 0 bridgehead atoms. The molecule has 0 aromatic heterocycles. The van der Waals surface area contributed by atoms with Gasteiger partial charge in [-0.3, -0.25) is 19.2 Å². The number of ketones is 2. The zero-order valence-electron chi connectivity index (χ0n) is 23.1. The third-order valence-electron chi connectivity index (χ3n) is 10.1. The highest BCUT2D eigenvalue weighted by molar-refractivity contribution is 6.01. The first-order valence-corrected chi connectivity index (χ1v) is 13.9. The highest BCUT2D eigenvalue weighted by Gasteiger charge is 2.68. The number of aliphatic carboxylic acids is 1. The number of esters is 1. The molecule has 3 saturated carbocycles. The van der Waals surface area contributed by atoms with Crippen molar-refractivity contribution in [2.45, 2.75) is 89.6 Å². The number of carbonyl (C=O) groups is 5. The van der Waals surface area contributed by atoms with Gasteiger partial charge in [-0.15, -0.1) is 0 Å². The number of aliphatic hydroxyl groups excluding tert-OH is 2. The van der Waals surface area contributed by atoms with Gasteiger partial charge in [0.2, 0.25) is 11.7 Å². The van der Waals surface area contributed by atoms with E-state index in [1.54, 1.807) is 12.2 Å². The lowest BCUT2D eigenvalue weighted by Gasteiger charge is -2.59. The van der Waals surface area contributed by atoms with Gasteiger partial charge in [0.05, 0.1) is 30.6 Å². The number of nitrogens with one attached hydrogen (secondary N) is 1. The Morgan fingerprint density at radius 2 is 1.90 bits per heavy atom. The van der Waals surface area contributed by atoms with Crippen LogP contribution in [0.25, 0.3) is 0 Å². The van der Waals surface area contributed by atoms with Gasteiger partial charge in [0.25, 0.3) is 0 Å². The summed E-state index contributed by atoms with van der Waals surface area (Å²) in [6.45, 7) is 4.33. The first-order valence-electron chi connectivity index (χ1n) is 13.9. The number of allylic oxidation sites excluding steroid dienone is 4. The molecule has 0 aromatic rings. The minimum Gasteiger partial charge on any atom is -0.548 e. The van der Waals surface area contributed by atoms with Crippen LogP contribution in [0.15, 0.2) is 23.8 Å². The second kappa shape index (κ2) is 10.8. The number of carboxylic acids is 1. The SMILES string of the molecule is C[C@H](O)[C@H](NC(=O)CCC(=O)OCC(=O)[C@]1(O)CC[C@H]2[C@@H]3CCC4=CC(=O)C=C[C@]4(C)[C@H]3[C@H](O)C[C@@]21C)C(=O)[O-]. The van der Waals surface area contributed by atoms with E-state index in [1.165, 1.54) is 6.92 Å². The van der Waals surface area contributed by atoms with Crippen LogP contribution in [-0.4, -0.2) is 75.2 Å². The Morgan fingerprint density at radius 1 is 1.20 bits per heavy atom. The predicted octanol–water partition coefficient (Wildman–Crippen LogP) is -0.496. The Kier molecular flexibility index (Phi) is 8.14. The molecule has 220 valence electrons. The van der Waals surface area contributed by atoms with E-state index >= 15 is 0 Å². The van der Waals surface area contributed by atoms with Crippen molar-refractivity contribution < 1.29 is 49.1 Å². The van der Waals surface area contributed by atoms with E-state index in [1.807, 2.05) is 19.9 Å². The molecule has 3 fully saturated rings. The second-order valence-corrected chi connectivity index (χ2v) is 12.3. The molecule has 4 aliphatic carbocycles. The van der Waals surface area contributed by atoms with Gasteiger partial charge in [-0.2, -0.15) is 0 Å². The lowest BCUT2D eigenvalue weighted by molar-refractivity contribution is -0.310. The standard InChI is InChI=1S/C29H39NO10/c1-15(31)25(26(37)38)30-22(35)6-7-23(36)40-14-21(34)29(39)11-9-19-18-5-4-16-12-17(32)8-10-27(16,2)24(18)20(33)13-28(19,29)3/h8,10,12,15,18-20,24-25,31,33,39H,4-7,9,11,13-14H2,1-3H3,(H,30,35)(H,37,38)/p-1/t15-,18-,19-,20+,24+,25-,27-,28-,29+/m0/s1. The molecular formula is C29H38NO10-. The van der Waals surface area contributed by atoms with Crippen molar-refractivity contribution in [3.63, 3.8) is 0 Å². The maximum atomic E-state index is 13.3. The Labute approximate surface area is 232 Å². The molecule has 0 spiro atoms. The number of amides is 1. The molecule has 9 atom stereocenters. The van der Waals surface area contributed by atoms with Gasteiger partial charge in [-0.25, -0.2) is 0 Å². The van der Waals surface area contributed by atoms with E-state index in [2.05, 4.69) is 5.32 Å². The Bertz CT molecular complexity index is 1160. The molecule has 4 aliphatic rings. The van der Waals surface area contributed by atoms with E-state index in [0.29, 0.717) is 12.8 Å². The van der Waals surface area contributed by atoms with Gasteiger partial charge in [0, 0.05) is 23.2 Å². The molecule has 4 rings (SSSR count). The summed E-state index contributed by atoms with van der Waals surface area (Å²) < 4.78 is 5.07. The number of carboxylic acid groups (broad SMARTS) is 1. The second-order valence-electron chi connectivity index (χ2n) is 12.3. The molecule has 0 aliphatic heterocycles. The fourth-order valence-electron chi connectivity index (χ4n) is 7.96. The smallest absolute Gasteiger partial charge is 0.306 e. The minimum absolute atomic E-state index is 0.0307. The Hall–Kier alpha value is -2.89. The quantitative estimate of drug-likeness (QED) is 0.268. The van der Waals surface area contributed by atoms with Crippen molar-refractivity contribution in [3.05, 3.63) is 23.8 Å². The minimum atomic E-state index is -1.81. The number of ether oxygens (including phenoxy) is 1. The van der Waals surface area contributed by atoms with E-state index in [9.17, 15) is 44.4 Å². The number of hydrogen-bond donors (Lipinski definition) is 4. The topological polar surface area (TPSA) is 190 Å². The largest absolute Gasteiger partial charge is 0.548 e. The number of aliphatic hydroxyl groups is 3. The van der Waals surface area contributed by atoms with Gasteiger partial charge < -0.3 is 35.3 Å². The van der Waals surface area contributed by atoms with Crippen LogP contribution in [0.5, 0.6) is 0 Å². The van der Waals surface area contributed by atoms with Crippen LogP contribution in [0.4, 0.5) is 0 Å². The van der Waals surface area contributed by atoms with Gasteiger partial charge in [-0.1, -0.05) is 25.5 Å². The highest BCUT2D eigenvalue weighted by atomic mass is 16.5. The zero-order valence-corrected chi connectivity index (χ0v) is 23.1. The number of rotatable bonds is 9. The number of Topliss-reactive ketones (excluding diaryl/α,β-unsaturated/α-hetero) is 1. The lowest BCUT2D eigenvalue weighted by Crippen LogP contribution is -2.61. The normalized spacial score (nSPS) is 37.8. The Balaban J connectivity index is 1.38. The van der Waals surface area contributed by atoms with Crippen LogP contribution in [0.2, 0.25) is 0 Å². The first-order chi connectivity index (χ1) is 18.6. The van der Waals surface area contributed by atoms with Gasteiger partial charge >= 0.3 is 5.97 Å². The molecule has 0 aromatic carbocycles. The summed E-state index contributed by atoms with van der Waals surface area (Å²) in [5, 5.41) is 45.6. The molecule has 0 unspecified atom stereocenters. The molecule has 40 heavy (non-hydrogen) atoms. The predicted molar refractivity (Wildman–Crippen MR) is 137 cm³/mol. The summed E-state index contributed by atoms with van der Waals surface area (Å²) in [5.41, 5.74) is -2.21. The van der Waals surface area contributed by atoms with E-state index in [0.717, 1.165) is 12.0 Å². The third-order valence-corrected chi connectivity index (χ3v) is 10.1. The summed E-state index contributed by atoms with van der Waals surface area (Å²) >= 11 is 0. The summed E-state index contributed by atoms with van der Waals surface area (Å²) in [4.78, 5) is 60.5. The van der Waals surface area contributed by atoms with E-state index in [4.69, 9.17) is 4.74 Å². The molecular weight excluding hydrogens is 522 g/mol. The monoisotopic (exact) mass is 560 g/mol. The van der Waals surface area contributed by atoms with Crippen molar-refractivity contribution in [1.82, 2.24) is 5.32 Å². The summed E-state index contributed by atoms with van der Waals surface area (Å²) in [6.07, 6.45) is 4.37. The molecule has 0 saturated heterocycles. The third kappa shape index (κ3) is 5.03. The average Bonchev–Trinajstić information content (AvgIpc) is 3.15. The zero-order chi connectivity index (χ0) is 29.6. The highest BCUT2D eigenvalue weighted by Crippen LogP contribution is 2.67. The van der Waals surface area contributed by atoms with Crippen LogP contribution in [-0.2, 0) is 28.7 Å². The van der Waals surface area contributed by atoms with E-state index < -0.39 is 77.8 Å². The van der Waals surface area contributed by atoms with Crippen molar-refractivity contribution >= 4 is 29.4 Å². The van der Waals surface area contributed by atoms with Crippen LogP contribution in [0, 0.1) is 28.6 Å². The number of carbonyl (C=O) groups excluding carboxylic acids is 5. The number of hydrogen-bond acceptors (Lipinski definition) is 10. The van der Waals surface area contributed by atoms with E-state index in [-0.39, 0.29) is 36.4 Å². The summed E-state index contributed by atoms with van der Waals surface area (Å²) in [6, 6.07) is -1.63. The van der Waals surface area contributed by atoms with Gasteiger partial charge in [0.15, 0.2) is 12.4 Å². The lowest BCUT2D eigenvalue weighted by atomic mass is 9.46.